The van der Waals surface area contributed by atoms with Crippen LogP contribution in [0.25, 0.3) is 0 Å². The summed E-state index contributed by atoms with van der Waals surface area (Å²) in [5.74, 6) is 5.89. The smallest absolute Gasteiger partial charge is 0.220 e. The molecule has 1 amide bonds. The molecule has 0 radical (unpaired) electrons. The van der Waals surface area contributed by atoms with E-state index in [1.54, 1.807) is 0 Å². The van der Waals surface area contributed by atoms with E-state index in [9.17, 15) is 4.79 Å². The predicted molar refractivity (Wildman–Crippen MR) is 71.9 cm³/mol. The summed E-state index contributed by atoms with van der Waals surface area (Å²) in [4.78, 5) is 11.3. The highest BCUT2D eigenvalue weighted by Crippen LogP contribution is 2.13. The highest BCUT2D eigenvalue weighted by atomic mass is 16.2. The van der Waals surface area contributed by atoms with E-state index in [0.717, 1.165) is 11.1 Å². The van der Waals surface area contributed by atoms with E-state index in [1.807, 2.05) is 38.1 Å². The average Bonchev–Trinajstić information content (AvgIpc) is 2.39. The van der Waals surface area contributed by atoms with Crippen LogP contribution in [0.5, 0.6) is 0 Å². The van der Waals surface area contributed by atoms with Crippen LogP contribution in [-0.2, 0) is 4.79 Å². The second kappa shape index (κ2) is 7.52. The van der Waals surface area contributed by atoms with E-state index in [-0.39, 0.29) is 18.6 Å². The fourth-order valence-corrected chi connectivity index (χ4v) is 1.50. The van der Waals surface area contributed by atoms with Gasteiger partial charge in [-0.3, -0.25) is 4.79 Å². The number of aliphatic hydroxyl groups excluding tert-OH is 1. The van der Waals surface area contributed by atoms with Crippen LogP contribution < -0.4 is 5.32 Å². The standard InChI is InChI=1S/C15H19NO2/c1-3-15(18)16-12(2)14-9-7-13(8-10-14)6-4-5-11-17/h7-10,12,17H,3,5,11H2,1-2H3,(H,16,18). The van der Waals surface area contributed by atoms with E-state index in [0.29, 0.717) is 12.8 Å². The molecule has 96 valence electrons. The van der Waals surface area contributed by atoms with Crippen LogP contribution in [0.2, 0.25) is 0 Å². The molecule has 0 saturated carbocycles. The van der Waals surface area contributed by atoms with Crippen LogP contribution in [0.4, 0.5) is 0 Å². The first-order valence-corrected chi connectivity index (χ1v) is 6.16. The third-order valence-electron chi connectivity index (χ3n) is 2.58. The van der Waals surface area contributed by atoms with E-state index in [1.165, 1.54) is 0 Å². The summed E-state index contributed by atoms with van der Waals surface area (Å²) in [7, 11) is 0. The zero-order valence-corrected chi connectivity index (χ0v) is 10.9. The van der Waals surface area contributed by atoms with Gasteiger partial charge in [0.2, 0.25) is 5.91 Å². The Morgan fingerprint density at radius 3 is 2.61 bits per heavy atom. The Labute approximate surface area is 108 Å². The molecule has 1 rings (SSSR count). The van der Waals surface area contributed by atoms with Crippen LogP contribution in [0.1, 0.15) is 43.9 Å². The lowest BCUT2D eigenvalue weighted by molar-refractivity contribution is -0.121. The first-order valence-electron chi connectivity index (χ1n) is 6.16. The van der Waals surface area contributed by atoms with Gasteiger partial charge in [-0.1, -0.05) is 30.9 Å². The van der Waals surface area contributed by atoms with Crippen molar-refractivity contribution >= 4 is 5.91 Å². The Bertz CT molecular complexity index is 440. The third kappa shape index (κ3) is 4.60. The highest BCUT2D eigenvalue weighted by molar-refractivity contribution is 5.76. The van der Waals surface area contributed by atoms with Crippen molar-refractivity contribution in [3.63, 3.8) is 0 Å². The van der Waals surface area contributed by atoms with Crippen molar-refractivity contribution in [2.45, 2.75) is 32.7 Å². The molecule has 0 aromatic heterocycles. The zero-order chi connectivity index (χ0) is 13.4. The van der Waals surface area contributed by atoms with Gasteiger partial charge in [0.05, 0.1) is 12.6 Å². The summed E-state index contributed by atoms with van der Waals surface area (Å²) in [6, 6.07) is 7.78. The Hall–Kier alpha value is -1.79. The molecular weight excluding hydrogens is 226 g/mol. The van der Waals surface area contributed by atoms with E-state index in [2.05, 4.69) is 17.2 Å². The van der Waals surface area contributed by atoms with Crippen molar-refractivity contribution in [1.29, 1.82) is 0 Å². The summed E-state index contributed by atoms with van der Waals surface area (Å²) in [6.07, 6.45) is 0.986. The van der Waals surface area contributed by atoms with Crippen LogP contribution >= 0.6 is 0 Å². The Morgan fingerprint density at radius 1 is 1.39 bits per heavy atom. The molecule has 0 heterocycles. The lowest BCUT2D eigenvalue weighted by atomic mass is 10.1. The number of benzene rings is 1. The fourth-order valence-electron chi connectivity index (χ4n) is 1.50. The largest absolute Gasteiger partial charge is 0.395 e. The molecule has 3 heteroatoms. The Kier molecular flexibility index (Phi) is 5.96. The number of carbonyl (C=O) groups is 1. The van der Waals surface area contributed by atoms with Crippen molar-refractivity contribution in [2.24, 2.45) is 0 Å². The second-order valence-electron chi connectivity index (χ2n) is 4.04. The molecule has 0 saturated heterocycles. The number of aliphatic hydroxyl groups is 1. The van der Waals surface area contributed by atoms with Crippen molar-refractivity contribution in [1.82, 2.24) is 5.32 Å². The number of amides is 1. The number of hydrogen-bond acceptors (Lipinski definition) is 2. The summed E-state index contributed by atoms with van der Waals surface area (Å²) in [6.45, 7) is 3.88. The first-order chi connectivity index (χ1) is 8.67. The Balaban J connectivity index is 2.65. The normalized spacial score (nSPS) is 11.3. The highest BCUT2D eigenvalue weighted by Gasteiger charge is 2.07. The van der Waals surface area contributed by atoms with Gasteiger partial charge in [-0.15, -0.1) is 0 Å². The molecule has 0 aliphatic carbocycles. The van der Waals surface area contributed by atoms with Gasteiger partial charge in [-0.05, 0) is 24.6 Å². The average molecular weight is 245 g/mol. The van der Waals surface area contributed by atoms with E-state index >= 15 is 0 Å². The molecular formula is C15H19NO2. The number of carbonyl (C=O) groups excluding carboxylic acids is 1. The molecule has 0 aliphatic rings. The van der Waals surface area contributed by atoms with Crippen LogP contribution in [-0.4, -0.2) is 17.6 Å². The van der Waals surface area contributed by atoms with Gasteiger partial charge < -0.3 is 10.4 Å². The second-order valence-corrected chi connectivity index (χ2v) is 4.04. The van der Waals surface area contributed by atoms with Gasteiger partial charge in [0.25, 0.3) is 0 Å². The number of rotatable bonds is 4. The van der Waals surface area contributed by atoms with Crippen molar-refractivity contribution < 1.29 is 9.90 Å². The number of hydrogen-bond donors (Lipinski definition) is 2. The lowest BCUT2D eigenvalue weighted by Gasteiger charge is -2.13. The molecule has 1 atom stereocenters. The van der Waals surface area contributed by atoms with Gasteiger partial charge in [-0.25, -0.2) is 0 Å². The predicted octanol–water partition coefficient (Wildman–Crippen LogP) is 2.01. The molecule has 0 fully saturated rings. The van der Waals surface area contributed by atoms with Gasteiger partial charge in [-0.2, -0.15) is 0 Å². The van der Waals surface area contributed by atoms with E-state index in [4.69, 9.17) is 5.11 Å². The molecule has 2 N–H and O–H groups in total. The summed E-state index contributed by atoms with van der Waals surface area (Å²) in [5, 5.41) is 11.5. The SMILES string of the molecule is CCC(=O)NC(C)c1ccc(C#CCCO)cc1. The monoisotopic (exact) mass is 245 g/mol. The molecule has 1 aromatic rings. The van der Waals surface area contributed by atoms with E-state index < -0.39 is 0 Å². The van der Waals surface area contributed by atoms with Crippen molar-refractivity contribution in [2.75, 3.05) is 6.61 Å². The third-order valence-corrected chi connectivity index (χ3v) is 2.58. The fraction of sp³-hybridized carbons (Fsp3) is 0.400. The topological polar surface area (TPSA) is 49.3 Å². The van der Waals surface area contributed by atoms with Crippen LogP contribution in [0, 0.1) is 11.8 Å². The maximum Gasteiger partial charge on any atom is 0.220 e. The summed E-state index contributed by atoms with van der Waals surface area (Å²) < 4.78 is 0. The van der Waals surface area contributed by atoms with Crippen molar-refractivity contribution in [3.8, 4) is 11.8 Å². The van der Waals surface area contributed by atoms with Gasteiger partial charge >= 0.3 is 0 Å². The van der Waals surface area contributed by atoms with Crippen LogP contribution in [0.15, 0.2) is 24.3 Å². The minimum Gasteiger partial charge on any atom is -0.395 e. The Morgan fingerprint density at radius 2 is 2.06 bits per heavy atom. The molecule has 0 bridgehead atoms. The minimum absolute atomic E-state index is 0.0110. The molecule has 0 aliphatic heterocycles. The molecule has 18 heavy (non-hydrogen) atoms. The molecule has 0 spiro atoms. The minimum atomic E-state index is 0.0110. The van der Waals surface area contributed by atoms with Gasteiger partial charge in [0, 0.05) is 18.4 Å². The molecule has 1 aromatic carbocycles. The maximum atomic E-state index is 11.3. The maximum absolute atomic E-state index is 11.3. The molecule has 1 unspecified atom stereocenters. The quantitative estimate of drug-likeness (QED) is 0.797. The van der Waals surface area contributed by atoms with Gasteiger partial charge in [0.15, 0.2) is 0 Å². The van der Waals surface area contributed by atoms with Gasteiger partial charge in [0.1, 0.15) is 0 Å². The summed E-state index contributed by atoms with van der Waals surface area (Å²) in [5.41, 5.74) is 1.98. The lowest BCUT2D eigenvalue weighted by Crippen LogP contribution is -2.25. The molecule has 3 nitrogen and oxygen atoms in total. The van der Waals surface area contributed by atoms with Crippen LogP contribution in [0.3, 0.4) is 0 Å². The number of nitrogens with one attached hydrogen (secondary N) is 1. The first kappa shape index (κ1) is 14.3. The van der Waals surface area contributed by atoms with Crippen molar-refractivity contribution in [3.05, 3.63) is 35.4 Å². The zero-order valence-electron chi connectivity index (χ0n) is 10.9. The summed E-state index contributed by atoms with van der Waals surface area (Å²) >= 11 is 0.